The van der Waals surface area contributed by atoms with E-state index in [0.717, 1.165) is 18.9 Å². The summed E-state index contributed by atoms with van der Waals surface area (Å²) in [7, 11) is -4.35. The van der Waals surface area contributed by atoms with Crippen LogP contribution < -0.4 is 0 Å². The molecule has 0 aliphatic heterocycles. The van der Waals surface area contributed by atoms with E-state index in [-0.39, 0.29) is 6.61 Å². The molecule has 1 atom stereocenters. The van der Waals surface area contributed by atoms with Crippen LogP contribution in [0.4, 0.5) is 0 Å². The molecule has 0 aromatic carbocycles. The third kappa shape index (κ3) is 11.0. The average molecular weight is 320 g/mol. The zero-order valence-electron chi connectivity index (χ0n) is 12.1. The minimum atomic E-state index is -4.35. The number of phosphoric ester groups is 1. The van der Waals surface area contributed by atoms with Crippen LogP contribution in [-0.2, 0) is 27.9 Å². The summed E-state index contributed by atoms with van der Waals surface area (Å²) >= 11 is 0. The minimum Gasteiger partial charge on any atom is -0.462 e. The van der Waals surface area contributed by atoms with Crippen LogP contribution in [0.3, 0.4) is 0 Å². The van der Waals surface area contributed by atoms with Gasteiger partial charge in [-0.2, -0.15) is 0 Å². The maximum absolute atomic E-state index is 11.2. The van der Waals surface area contributed by atoms with Gasteiger partial charge in [-0.25, -0.2) is 14.2 Å². The van der Waals surface area contributed by atoms with E-state index in [1.54, 1.807) is 6.92 Å². The second-order valence-corrected chi connectivity index (χ2v) is 5.62. The van der Waals surface area contributed by atoms with Crippen molar-refractivity contribution in [2.24, 2.45) is 0 Å². The highest BCUT2D eigenvalue weighted by Gasteiger charge is 2.24. The van der Waals surface area contributed by atoms with Gasteiger partial charge in [0.25, 0.3) is 0 Å². The van der Waals surface area contributed by atoms with Crippen molar-refractivity contribution in [2.45, 2.75) is 32.6 Å². The molecule has 0 aliphatic rings. The summed E-state index contributed by atoms with van der Waals surface area (Å²) in [4.78, 5) is 30.9. The van der Waals surface area contributed by atoms with Crippen LogP contribution in [0.2, 0.25) is 0 Å². The smallest absolute Gasteiger partial charge is 0.462 e. The maximum atomic E-state index is 11.2. The molecule has 0 amide bonds. The van der Waals surface area contributed by atoms with Crippen molar-refractivity contribution >= 4 is 19.8 Å². The summed E-state index contributed by atoms with van der Waals surface area (Å²) in [5.41, 5.74) is 0.358. The standard InChI is InChI=1S/C13H21O7P/c1-4-12(14)20-21(16,17)19-10-8-6-5-7-9-18-13(15)11(2)3/h4H,1-2,5-10H2,3H3,(H,16,17). The lowest BCUT2D eigenvalue weighted by atomic mass is 10.2. The van der Waals surface area contributed by atoms with E-state index in [9.17, 15) is 14.2 Å². The largest absolute Gasteiger partial charge is 0.529 e. The molecule has 0 aromatic rings. The maximum Gasteiger partial charge on any atom is 0.529 e. The number of unbranched alkanes of at least 4 members (excludes halogenated alkanes) is 3. The van der Waals surface area contributed by atoms with Gasteiger partial charge in [0.1, 0.15) is 0 Å². The van der Waals surface area contributed by atoms with Gasteiger partial charge in [-0.3, -0.25) is 9.42 Å². The van der Waals surface area contributed by atoms with E-state index in [0.29, 0.717) is 25.0 Å². The molecular weight excluding hydrogens is 299 g/mol. The highest BCUT2D eigenvalue weighted by atomic mass is 31.2. The Bertz CT molecular complexity index is 430. The number of rotatable bonds is 11. The summed E-state index contributed by atoms with van der Waals surface area (Å²) in [6.45, 7) is 8.44. The number of ether oxygens (including phenoxy) is 1. The Morgan fingerprint density at radius 1 is 1.19 bits per heavy atom. The Morgan fingerprint density at radius 2 is 1.76 bits per heavy atom. The highest BCUT2D eigenvalue weighted by molar-refractivity contribution is 7.48. The van der Waals surface area contributed by atoms with Gasteiger partial charge in [-0.1, -0.05) is 19.6 Å². The van der Waals surface area contributed by atoms with Gasteiger partial charge in [0, 0.05) is 11.6 Å². The van der Waals surface area contributed by atoms with E-state index in [1.807, 2.05) is 0 Å². The first-order chi connectivity index (χ1) is 9.78. The van der Waals surface area contributed by atoms with Crippen LogP contribution >= 0.6 is 7.82 Å². The summed E-state index contributed by atoms with van der Waals surface area (Å²) in [5, 5.41) is 0. The van der Waals surface area contributed by atoms with Gasteiger partial charge in [0.05, 0.1) is 13.2 Å². The van der Waals surface area contributed by atoms with Crippen molar-refractivity contribution in [3.05, 3.63) is 24.8 Å². The molecule has 8 heteroatoms. The first-order valence-corrected chi connectivity index (χ1v) is 7.94. The zero-order chi connectivity index (χ0) is 16.3. The second-order valence-electron chi connectivity index (χ2n) is 4.25. The molecule has 0 heterocycles. The van der Waals surface area contributed by atoms with Gasteiger partial charge in [-0.05, 0) is 26.2 Å². The van der Waals surface area contributed by atoms with Crippen LogP contribution in [0, 0.1) is 0 Å². The van der Waals surface area contributed by atoms with Crippen molar-refractivity contribution in [3.63, 3.8) is 0 Å². The van der Waals surface area contributed by atoms with E-state index in [1.165, 1.54) is 0 Å². The first-order valence-electron chi connectivity index (χ1n) is 6.44. The van der Waals surface area contributed by atoms with Gasteiger partial charge in [-0.15, -0.1) is 0 Å². The molecule has 1 unspecified atom stereocenters. The fraction of sp³-hybridized carbons (Fsp3) is 0.538. The van der Waals surface area contributed by atoms with Crippen LogP contribution in [0.25, 0.3) is 0 Å². The molecular formula is C13H21O7P. The van der Waals surface area contributed by atoms with Crippen LogP contribution in [0.15, 0.2) is 24.8 Å². The molecule has 0 spiro atoms. The molecule has 0 bridgehead atoms. The lowest BCUT2D eigenvalue weighted by Crippen LogP contribution is -2.06. The molecule has 0 fully saturated rings. The Kier molecular flexibility index (Phi) is 9.62. The number of hydrogen-bond donors (Lipinski definition) is 1. The fourth-order valence-electron chi connectivity index (χ4n) is 1.20. The molecule has 0 saturated heterocycles. The monoisotopic (exact) mass is 320 g/mol. The van der Waals surface area contributed by atoms with Crippen molar-refractivity contribution in [1.82, 2.24) is 0 Å². The van der Waals surface area contributed by atoms with E-state index in [4.69, 9.17) is 9.63 Å². The molecule has 120 valence electrons. The van der Waals surface area contributed by atoms with Crippen molar-refractivity contribution in [1.29, 1.82) is 0 Å². The van der Waals surface area contributed by atoms with Crippen LogP contribution in [0.5, 0.6) is 0 Å². The Balaban J connectivity index is 3.58. The summed E-state index contributed by atoms with van der Waals surface area (Å²) < 4.78 is 24.9. The second kappa shape index (κ2) is 10.3. The van der Waals surface area contributed by atoms with Crippen molar-refractivity contribution in [2.75, 3.05) is 13.2 Å². The summed E-state index contributed by atoms with van der Waals surface area (Å²) in [6, 6.07) is 0. The SMILES string of the molecule is C=CC(=O)OP(=O)(O)OCCCCCCOC(=O)C(=C)C. The van der Waals surface area contributed by atoms with Crippen molar-refractivity contribution in [3.8, 4) is 0 Å². The topological polar surface area (TPSA) is 99.1 Å². The molecule has 0 saturated carbocycles. The van der Waals surface area contributed by atoms with Crippen LogP contribution in [0.1, 0.15) is 32.6 Å². The van der Waals surface area contributed by atoms with Gasteiger partial charge >= 0.3 is 19.8 Å². The number of carbonyl (C=O) groups is 2. The first kappa shape index (κ1) is 19.6. The number of esters is 1. The third-order valence-corrected chi connectivity index (χ3v) is 3.17. The van der Waals surface area contributed by atoms with E-state index < -0.39 is 19.8 Å². The zero-order valence-corrected chi connectivity index (χ0v) is 13.0. The van der Waals surface area contributed by atoms with Gasteiger partial charge < -0.3 is 9.26 Å². The van der Waals surface area contributed by atoms with Crippen LogP contribution in [-0.4, -0.2) is 30.0 Å². The lowest BCUT2D eigenvalue weighted by molar-refractivity contribution is -0.139. The summed E-state index contributed by atoms with van der Waals surface area (Å²) in [6.07, 6.45) is 3.47. The quantitative estimate of drug-likeness (QED) is 0.270. The molecule has 0 aliphatic carbocycles. The fourth-order valence-corrected chi connectivity index (χ4v) is 1.92. The van der Waals surface area contributed by atoms with E-state index >= 15 is 0 Å². The Morgan fingerprint density at radius 3 is 2.29 bits per heavy atom. The van der Waals surface area contributed by atoms with Gasteiger partial charge in [0.2, 0.25) is 0 Å². The number of hydrogen-bond acceptors (Lipinski definition) is 6. The number of phosphoric acid groups is 1. The lowest BCUT2D eigenvalue weighted by Gasteiger charge is -2.10. The van der Waals surface area contributed by atoms with Crippen molar-refractivity contribution < 1.29 is 32.8 Å². The molecule has 0 rings (SSSR count). The van der Waals surface area contributed by atoms with E-state index in [2.05, 4.69) is 22.2 Å². The predicted octanol–water partition coefficient (Wildman–Crippen LogP) is 2.51. The Hall–Kier alpha value is -1.43. The average Bonchev–Trinajstić information content (AvgIpc) is 2.40. The molecule has 7 nitrogen and oxygen atoms in total. The van der Waals surface area contributed by atoms with Gasteiger partial charge in [0.15, 0.2) is 0 Å². The molecule has 1 N–H and O–H groups in total. The molecule has 0 radical (unpaired) electrons. The third-order valence-electron chi connectivity index (χ3n) is 2.25. The number of carbonyl (C=O) groups excluding carboxylic acids is 2. The highest BCUT2D eigenvalue weighted by Crippen LogP contribution is 2.43. The molecule has 0 aromatic heterocycles. The minimum absolute atomic E-state index is 0.0102. The Labute approximate surface area is 124 Å². The summed E-state index contributed by atoms with van der Waals surface area (Å²) in [5.74, 6) is -1.43. The molecule has 21 heavy (non-hydrogen) atoms. The predicted molar refractivity (Wildman–Crippen MR) is 76.3 cm³/mol. The normalized spacial score (nSPS) is 13.0.